The Bertz CT molecular complexity index is 134. The highest BCUT2D eigenvalue weighted by atomic mass is 15.2. The largest absolute Gasteiger partial charge is 0.302 e. The number of likely N-dealkylation sites (N-methyl/N-ethyl adjacent to an activating group) is 2. The standard InChI is InChI=1S/C10H22N2.C2H6/c1-9(2)12(4)8-10-6-5-7-11(10)3;1-2/h9-10H,5-8H2,1-4H3;1-2H3. The lowest BCUT2D eigenvalue weighted by molar-refractivity contribution is 0.192. The van der Waals surface area contributed by atoms with Crippen LogP contribution in [-0.2, 0) is 0 Å². The van der Waals surface area contributed by atoms with E-state index in [-0.39, 0.29) is 0 Å². The maximum atomic E-state index is 2.48. The molecule has 0 aromatic heterocycles. The van der Waals surface area contributed by atoms with E-state index in [1.807, 2.05) is 13.8 Å². The number of rotatable bonds is 3. The van der Waals surface area contributed by atoms with Crippen LogP contribution in [0, 0.1) is 0 Å². The van der Waals surface area contributed by atoms with Crippen LogP contribution in [0.15, 0.2) is 0 Å². The molecule has 0 aliphatic carbocycles. The summed E-state index contributed by atoms with van der Waals surface area (Å²) in [6.45, 7) is 11.0. The van der Waals surface area contributed by atoms with Gasteiger partial charge in [0, 0.05) is 18.6 Å². The van der Waals surface area contributed by atoms with Gasteiger partial charge >= 0.3 is 0 Å². The monoisotopic (exact) mass is 200 g/mol. The third-order valence-corrected chi connectivity index (χ3v) is 3.05. The maximum Gasteiger partial charge on any atom is 0.0220 e. The third-order valence-electron chi connectivity index (χ3n) is 3.05. The molecule has 2 heteroatoms. The van der Waals surface area contributed by atoms with Gasteiger partial charge in [-0.2, -0.15) is 0 Å². The van der Waals surface area contributed by atoms with E-state index in [2.05, 4.69) is 37.7 Å². The van der Waals surface area contributed by atoms with E-state index in [9.17, 15) is 0 Å². The number of likely N-dealkylation sites (tertiary alicyclic amines) is 1. The fraction of sp³-hybridized carbons (Fsp3) is 1.00. The second-order valence-electron chi connectivity index (χ2n) is 4.31. The SMILES string of the molecule is CC.CC(C)N(C)CC1CCCN1C. The minimum absolute atomic E-state index is 0.680. The molecule has 2 nitrogen and oxygen atoms in total. The van der Waals surface area contributed by atoms with E-state index in [4.69, 9.17) is 0 Å². The first-order chi connectivity index (χ1) is 6.61. The van der Waals surface area contributed by atoms with Crippen molar-refractivity contribution < 1.29 is 0 Å². The van der Waals surface area contributed by atoms with Crippen molar-refractivity contribution >= 4 is 0 Å². The molecule has 0 radical (unpaired) electrons. The summed E-state index contributed by atoms with van der Waals surface area (Å²) in [4.78, 5) is 4.92. The predicted octanol–water partition coefficient (Wildman–Crippen LogP) is 2.45. The van der Waals surface area contributed by atoms with Gasteiger partial charge in [-0.05, 0) is 47.3 Å². The summed E-state index contributed by atoms with van der Waals surface area (Å²) in [5.74, 6) is 0. The van der Waals surface area contributed by atoms with Crippen LogP contribution in [0.1, 0.15) is 40.5 Å². The predicted molar refractivity (Wildman–Crippen MR) is 64.8 cm³/mol. The molecule has 0 spiro atoms. The zero-order valence-corrected chi connectivity index (χ0v) is 10.9. The van der Waals surface area contributed by atoms with Crippen LogP contribution in [0.25, 0.3) is 0 Å². The molecule has 0 aromatic carbocycles. The number of nitrogens with zero attached hydrogens (tertiary/aromatic N) is 2. The van der Waals surface area contributed by atoms with Gasteiger partial charge in [0.15, 0.2) is 0 Å². The van der Waals surface area contributed by atoms with Crippen molar-refractivity contribution in [2.24, 2.45) is 0 Å². The Morgan fingerprint density at radius 2 is 1.93 bits per heavy atom. The molecule has 1 aliphatic heterocycles. The van der Waals surface area contributed by atoms with Crippen LogP contribution < -0.4 is 0 Å². The minimum atomic E-state index is 0.680. The molecular formula is C12H28N2. The lowest BCUT2D eigenvalue weighted by atomic mass is 10.2. The first kappa shape index (κ1) is 13.9. The van der Waals surface area contributed by atoms with Crippen LogP contribution >= 0.6 is 0 Å². The Hall–Kier alpha value is -0.0800. The fourth-order valence-electron chi connectivity index (χ4n) is 1.75. The fourth-order valence-corrected chi connectivity index (χ4v) is 1.75. The Kier molecular flexibility index (Phi) is 7.20. The van der Waals surface area contributed by atoms with E-state index in [0.29, 0.717) is 6.04 Å². The Balaban J connectivity index is 0.000000791. The van der Waals surface area contributed by atoms with Crippen molar-refractivity contribution in [1.82, 2.24) is 9.80 Å². The van der Waals surface area contributed by atoms with Crippen LogP contribution in [0.3, 0.4) is 0 Å². The van der Waals surface area contributed by atoms with Gasteiger partial charge in [0.25, 0.3) is 0 Å². The van der Waals surface area contributed by atoms with Gasteiger partial charge in [-0.3, -0.25) is 0 Å². The molecule has 1 fully saturated rings. The number of hydrogen-bond donors (Lipinski definition) is 0. The summed E-state index contributed by atoms with van der Waals surface area (Å²) in [6.07, 6.45) is 2.76. The quantitative estimate of drug-likeness (QED) is 0.690. The first-order valence-corrected chi connectivity index (χ1v) is 6.01. The van der Waals surface area contributed by atoms with Gasteiger partial charge in [-0.15, -0.1) is 0 Å². The molecule has 1 heterocycles. The van der Waals surface area contributed by atoms with Crippen molar-refractivity contribution in [3.05, 3.63) is 0 Å². The van der Waals surface area contributed by atoms with Gasteiger partial charge in [-0.25, -0.2) is 0 Å². The molecule has 14 heavy (non-hydrogen) atoms. The molecule has 86 valence electrons. The molecular weight excluding hydrogens is 172 g/mol. The summed E-state index contributed by atoms with van der Waals surface area (Å²) in [5.41, 5.74) is 0. The zero-order chi connectivity index (χ0) is 11.1. The minimum Gasteiger partial charge on any atom is -0.302 e. The highest BCUT2D eigenvalue weighted by Gasteiger charge is 2.22. The Labute approximate surface area is 90.3 Å². The second-order valence-corrected chi connectivity index (χ2v) is 4.31. The van der Waals surface area contributed by atoms with Crippen LogP contribution in [-0.4, -0.2) is 49.1 Å². The Morgan fingerprint density at radius 3 is 2.29 bits per heavy atom. The highest BCUT2D eigenvalue weighted by molar-refractivity contribution is 4.79. The van der Waals surface area contributed by atoms with E-state index in [1.54, 1.807) is 0 Å². The van der Waals surface area contributed by atoms with Gasteiger partial charge in [-0.1, -0.05) is 13.8 Å². The zero-order valence-electron chi connectivity index (χ0n) is 10.9. The lowest BCUT2D eigenvalue weighted by Crippen LogP contribution is -2.39. The molecule has 0 N–H and O–H groups in total. The van der Waals surface area contributed by atoms with Gasteiger partial charge in [0.1, 0.15) is 0 Å². The Morgan fingerprint density at radius 1 is 1.36 bits per heavy atom. The molecule has 0 aromatic rings. The van der Waals surface area contributed by atoms with Crippen molar-refractivity contribution in [2.45, 2.75) is 52.6 Å². The number of hydrogen-bond acceptors (Lipinski definition) is 2. The normalized spacial score (nSPS) is 22.7. The smallest absolute Gasteiger partial charge is 0.0220 e. The summed E-state index contributed by atoms with van der Waals surface area (Å²) in [5, 5.41) is 0. The van der Waals surface area contributed by atoms with Gasteiger partial charge in [0.05, 0.1) is 0 Å². The van der Waals surface area contributed by atoms with E-state index < -0.39 is 0 Å². The molecule has 0 bridgehead atoms. The van der Waals surface area contributed by atoms with Crippen LogP contribution in [0.2, 0.25) is 0 Å². The maximum absolute atomic E-state index is 2.48. The molecule has 1 saturated heterocycles. The molecule has 1 rings (SSSR count). The molecule has 0 saturated carbocycles. The van der Waals surface area contributed by atoms with Crippen molar-refractivity contribution in [2.75, 3.05) is 27.2 Å². The summed E-state index contributed by atoms with van der Waals surface area (Å²) >= 11 is 0. The highest BCUT2D eigenvalue weighted by Crippen LogP contribution is 2.15. The average molecular weight is 200 g/mol. The molecule has 1 atom stereocenters. The van der Waals surface area contributed by atoms with E-state index >= 15 is 0 Å². The topological polar surface area (TPSA) is 6.48 Å². The second kappa shape index (κ2) is 7.24. The van der Waals surface area contributed by atoms with Crippen LogP contribution in [0.4, 0.5) is 0 Å². The molecule has 1 aliphatic rings. The van der Waals surface area contributed by atoms with Crippen molar-refractivity contribution in [3.8, 4) is 0 Å². The van der Waals surface area contributed by atoms with Gasteiger partial charge in [0.2, 0.25) is 0 Å². The average Bonchev–Trinajstić information content (AvgIpc) is 2.55. The third kappa shape index (κ3) is 4.43. The first-order valence-electron chi connectivity index (χ1n) is 6.01. The summed E-state index contributed by atoms with van der Waals surface area (Å²) in [7, 11) is 4.46. The van der Waals surface area contributed by atoms with Gasteiger partial charge < -0.3 is 9.80 Å². The molecule has 1 unspecified atom stereocenters. The van der Waals surface area contributed by atoms with Crippen molar-refractivity contribution in [3.63, 3.8) is 0 Å². The van der Waals surface area contributed by atoms with Crippen molar-refractivity contribution in [1.29, 1.82) is 0 Å². The summed E-state index contributed by atoms with van der Waals surface area (Å²) in [6, 6.07) is 1.48. The lowest BCUT2D eigenvalue weighted by Gasteiger charge is -2.28. The molecule has 0 amide bonds. The van der Waals surface area contributed by atoms with E-state index in [1.165, 1.54) is 25.9 Å². The van der Waals surface area contributed by atoms with E-state index in [0.717, 1.165) is 6.04 Å². The van der Waals surface area contributed by atoms with Crippen LogP contribution in [0.5, 0.6) is 0 Å². The summed E-state index contributed by atoms with van der Waals surface area (Å²) < 4.78 is 0.